The predicted molar refractivity (Wildman–Crippen MR) is 88.8 cm³/mol. The van der Waals surface area contributed by atoms with Crippen molar-refractivity contribution in [1.29, 1.82) is 0 Å². The van der Waals surface area contributed by atoms with E-state index in [0.717, 1.165) is 15.4 Å². The Kier molecular flexibility index (Phi) is 4.07. The summed E-state index contributed by atoms with van der Waals surface area (Å²) < 4.78 is 2.66. The summed E-state index contributed by atoms with van der Waals surface area (Å²) in [4.78, 5) is 21.0. The Morgan fingerprint density at radius 2 is 2.05 bits per heavy atom. The van der Waals surface area contributed by atoms with Gasteiger partial charge >= 0.3 is 0 Å². The van der Waals surface area contributed by atoms with Crippen LogP contribution in [0.4, 0.5) is 0 Å². The molecule has 0 saturated carbocycles. The first-order valence-electron chi connectivity index (χ1n) is 6.33. The third-order valence-electron chi connectivity index (χ3n) is 3.17. The minimum atomic E-state index is -0.0657. The number of halogens is 1. The highest BCUT2D eigenvalue weighted by molar-refractivity contribution is 9.10. The van der Waals surface area contributed by atoms with Gasteiger partial charge in [0.15, 0.2) is 5.16 Å². The number of hydrogen-bond donors (Lipinski definition) is 0. The van der Waals surface area contributed by atoms with Gasteiger partial charge in [0.1, 0.15) is 5.65 Å². The fourth-order valence-corrected chi connectivity index (χ4v) is 2.85. The van der Waals surface area contributed by atoms with Crippen LogP contribution in [0.5, 0.6) is 0 Å². The predicted octanol–water partition coefficient (Wildman–Crippen LogP) is 3.32. The molecule has 1 aromatic carbocycles. The van der Waals surface area contributed by atoms with Gasteiger partial charge in [0.2, 0.25) is 0 Å². The van der Waals surface area contributed by atoms with Crippen LogP contribution in [-0.4, -0.2) is 20.8 Å². The molecule has 2 heterocycles. The topological polar surface area (TPSA) is 47.8 Å². The first kappa shape index (κ1) is 14.3. The van der Waals surface area contributed by atoms with E-state index < -0.39 is 0 Å². The molecule has 21 heavy (non-hydrogen) atoms. The average Bonchev–Trinajstić information content (AvgIpc) is 2.51. The molecule has 0 radical (unpaired) electrons. The van der Waals surface area contributed by atoms with Crippen molar-refractivity contribution in [2.75, 3.05) is 6.26 Å². The molecule has 0 aliphatic rings. The van der Waals surface area contributed by atoms with Gasteiger partial charge in [-0.15, -0.1) is 0 Å². The van der Waals surface area contributed by atoms with E-state index >= 15 is 0 Å². The molecule has 3 aromatic rings. The molecule has 0 aliphatic carbocycles. The number of thioether (sulfide) groups is 1. The van der Waals surface area contributed by atoms with Crippen LogP contribution >= 0.6 is 27.7 Å². The normalized spacial score (nSPS) is 11.0. The van der Waals surface area contributed by atoms with Gasteiger partial charge in [0, 0.05) is 22.1 Å². The van der Waals surface area contributed by atoms with Crippen molar-refractivity contribution in [2.24, 2.45) is 0 Å². The van der Waals surface area contributed by atoms with E-state index in [1.54, 1.807) is 22.9 Å². The molecule has 3 rings (SSSR count). The van der Waals surface area contributed by atoms with Crippen LogP contribution in [-0.2, 0) is 6.54 Å². The molecule has 0 saturated heterocycles. The lowest BCUT2D eigenvalue weighted by Crippen LogP contribution is -2.21. The minimum absolute atomic E-state index is 0.0657. The van der Waals surface area contributed by atoms with Gasteiger partial charge in [0.05, 0.1) is 6.54 Å². The fourth-order valence-electron chi connectivity index (χ4n) is 2.10. The Morgan fingerprint density at radius 1 is 1.24 bits per heavy atom. The van der Waals surface area contributed by atoms with Gasteiger partial charge in [-0.1, -0.05) is 45.9 Å². The summed E-state index contributed by atoms with van der Waals surface area (Å²) in [6.45, 7) is 0.475. The summed E-state index contributed by atoms with van der Waals surface area (Å²) in [5.74, 6) is 0. The van der Waals surface area contributed by atoms with E-state index in [4.69, 9.17) is 0 Å². The van der Waals surface area contributed by atoms with Crippen LogP contribution in [0.3, 0.4) is 0 Å². The van der Waals surface area contributed by atoms with Crippen LogP contribution in [0.25, 0.3) is 11.0 Å². The maximum absolute atomic E-state index is 12.2. The molecule has 0 fully saturated rings. The zero-order valence-electron chi connectivity index (χ0n) is 11.3. The van der Waals surface area contributed by atoms with E-state index in [9.17, 15) is 4.79 Å². The Hall–Kier alpha value is -1.66. The van der Waals surface area contributed by atoms with Crippen LogP contribution in [0.15, 0.2) is 57.0 Å². The maximum atomic E-state index is 12.2. The van der Waals surface area contributed by atoms with E-state index in [1.165, 1.54) is 11.8 Å². The molecule has 106 valence electrons. The third kappa shape index (κ3) is 2.87. The van der Waals surface area contributed by atoms with Crippen molar-refractivity contribution in [2.45, 2.75) is 11.7 Å². The molecule has 0 spiro atoms. The lowest BCUT2D eigenvalue weighted by Gasteiger charge is -2.11. The number of fused-ring (bicyclic) bond motifs is 1. The highest BCUT2D eigenvalue weighted by Crippen LogP contribution is 2.19. The summed E-state index contributed by atoms with van der Waals surface area (Å²) in [6, 6.07) is 11.2. The van der Waals surface area contributed by atoms with Crippen molar-refractivity contribution in [1.82, 2.24) is 14.5 Å². The molecule has 6 heteroatoms. The van der Waals surface area contributed by atoms with Gasteiger partial charge in [-0.3, -0.25) is 9.36 Å². The van der Waals surface area contributed by atoms with Gasteiger partial charge in [-0.05, 0) is 24.0 Å². The molecular formula is C15H12BrN3OS. The number of benzene rings is 1. The average molecular weight is 362 g/mol. The summed E-state index contributed by atoms with van der Waals surface area (Å²) in [5.41, 5.74) is 1.64. The number of aromatic nitrogens is 3. The van der Waals surface area contributed by atoms with Crippen molar-refractivity contribution in [3.63, 3.8) is 0 Å². The lowest BCUT2D eigenvalue weighted by molar-refractivity contribution is 0.769. The Labute approximate surface area is 134 Å². The summed E-state index contributed by atoms with van der Waals surface area (Å²) >= 11 is 4.98. The quantitative estimate of drug-likeness (QED) is 0.530. The Bertz CT molecular complexity index is 863. The smallest absolute Gasteiger partial charge is 0.252 e. The summed E-state index contributed by atoms with van der Waals surface area (Å²) in [6.07, 6.45) is 3.67. The van der Waals surface area contributed by atoms with Crippen molar-refractivity contribution >= 4 is 38.7 Å². The zero-order valence-corrected chi connectivity index (χ0v) is 13.7. The molecule has 0 amide bonds. The molecular weight excluding hydrogens is 350 g/mol. The van der Waals surface area contributed by atoms with Crippen molar-refractivity contribution in [3.8, 4) is 0 Å². The number of nitrogens with zero attached hydrogens (tertiary/aromatic N) is 3. The second kappa shape index (κ2) is 5.99. The van der Waals surface area contributed by atoms with Gasteiger partial charge in [0.25, 0.3) is 5.56 Å². The van der Waals surface area contributed by atoms with Crippen LogP contribution in [0.2, 0.25) is 0 Å². The standard InChI is InChI=1S/C15H12BrN3OS/c1-21-15-17-8-10-6-7-13(20)19(14(10)18-15)9-11-4-2-3-5-12(11)16/h2-8H,9H2,1H3. The molecule has 0 atom stereocenters. The second-order valence-corrected chi connectivity index (χ2v) is 6.11. The van der Waals surface area contributed by atoms with Crippen molar-refractivity contribution in [3.05, 3.63) is 63.0 Å². The Morgan fingerprint density at radius 3 is 2.81 bits per heavy atom. The van der Waals surface area contributed by atoms with E-state index in [2.05, 4.69) is 25.9 Å². The van der Waals surface area contributed by atoms with Crippen LogP contribution in [0.1, 0.15) is 5.56 Å². The molecule has 0 unspecified atom stereocenters. The first-order valence-corrected chi connectivity index (χ1v) is 8.35. The highest BCUT2D eigenvalue weighted by atomic mass is 79.9. The van der Waals surface area contributed by atoms with E-state index in [-0.39, 0.29) is 5.56 Å². The second-order valence-electron chi connectivity index (χ2n) is 4.48. The molecule has 2 aromatic heterocycles. The molecule has 4 nitrogen and oxygen atoms in total. The van der Waals surface area contributed by atoms with Crippen LogP contribution < -0.4 is 5.56 Å². The Balaban J connectivity index is 2.19. The first-order chi connectivity index (χ1) is 10.2. The lowest BCUT2D eigenvalue weighted by atomic mass is 10.2. The van der Waals surface area contributed by atoms with Gasteiger partial charge in [-0.2, -0.15) is 0 Å². The third-order valence-corrected chi connectivity index (χ3v) is 4.51. The highest BCUT2D eigenvalue weighted by Gasteiger charge is 2.08. The summed E-state index contributed by atoms with van der Waals surface area (Å²) in [7, 11) is 0. The SMILES string of the molecule is CSc1ncc2ccc(=O)n(Cc3ccccc3Br)c2n1. The van der Waals surface area contributed by atoms with Gasteiger partial charge in [-0.25, -0.2) is 9.97 Å². The summed E-state index contributed by atoms with van der Waals surface area (Å²) in [5, 5.41) is 1.52. The largest absolute Gasteiger partial charge is 0.288 e. The maximum Gasteiger partial charge on any atom is 0.252 e. The van der Waals surface area contributed by atoms with Crippen molar-refractivity contribution < 1.29 is 0 Å². The number of rotatable bonds is 3. The monoisotopic (exact) mass is 361 g/mol. The molecule has 0 bridgehead atoms. The van der Waals surface area contributed by atoms with Gasteiger partial charge < -0.3 is 0 Å². The fraction of sp³-hybridized carbons (Fsp3) is 0.133. The minimum Gasteiger partial charge on any atom is -0.288 e. The van der Waals surface area contributed by atoms with E-state index in [1.807, 2.05) is 30.5 Å². The number of pyridine rings is 1. The van der Waals surface area contributed by atoms with Crippen LogP contribution in [0, 0.1) is 0 Å². The molecule has 0 aliphatic heterocycles. The zero-order chi connectivity index (χ0) is 14.8. The number of hydrogen-bond acceptors (Lipinski definition) is 4. The molecule has 0 N–H and O–H groups in total. The van der Waals surface area contributed by atoms with E-state index in [0.29, 0.717) is 17.3 Å².